The summed E-state index contributed by atoms with van der Waals surface area (Å²) in [5.41, 5.74) is 1.32. The van der Waals surface area contributed by atoms with E-state index in [1.165, 1.54) is 0 Å². The molecule has 4 N–H and O–H groups in total. The van der Waals surface area contributed by atoms with E-state index in [2.05, 4.69) is 21.3 Å². The van der Waals surface area contributed by atoms with Crippen molar-refractivity contribution in [1.29, 1.82) is 0 Å². The summed E-state index contributed by atoms with van der Waals surface area (Å²) in [7, 11) is 1.55. The molecule has 108 valence electrons. The third-order valence-corrected chi connectivity index (χ3v) is 3.55. The van der Waals surface area contributed by atoms with Crippen LogP contribution in [-0.2, 0) is 4.79 Å². The number of carbonyl (C=O) groups is 2. The number of hydrogen-bond acceptors (Lipinski definition) is 3. The summed E-state index contributed by atoms with van der Waals surface area (Å²) in [5.74, 6) is 0.391. The van der Waals surface area contributed by atoms with Crippen molar-refractivity contribution < 1.29 is 9.59 Å². The molecule has 1 aromatic carbocycles. The van der Waals surface area contributed by atoms with Crippen LogP contribution in [0.2, 0.25) is 0 Å². The molecular formula is C14H20N4O2. The van der Waals surface area contributed by atoms with Crippen LogP contribution in [0.15, 0.2) is 24.3 Å². The minimum atomic E-state index is -0.289. The molecule has 0 bridgehead atoms. The smallest absolute Gasteiger partial charge is 0.318 e. The molecule has 1 unspecified atom stereocenters. The second-order valence-corrected chi connectivity index (χ2v) is 4.98. The average Bonchev–Trinajstić information content (AvgIpc) is 2.36. The maximum Gasteiger partial charge on any atom is 0.318 e. The van der Waals surface area contributed by atoms with Crippen molar-refractivity contribution in [1.82, 2.24) is 10.6 Å². The Bertz CT molecular complexity index is 500. The van der Waals surface area contributed by atoms with E-state index in [4.69, 9.17) is 0 Å². The van der Waals surface area contributed by atoms with Gasteiger partial charge in [-0.25, -0.2) is 4.79 Å². The molecule has 1 aliphatic heterocycles. The number of nitrogens with one attached hydrogen (secondary N) is 4. The monoisotopic (exact) mass is 276 g/mol. The maximum absolute atomic E-state index is 12.1. The Kier molecular flexibility index (Phi) is 4.57. The molecule has 1 heterocycles. The van der Waals surface area contributed by atoms with Gasteiger partial charge in [0.05, 0.1) is 0 Å². The van der Waals surface area contributed by atoms with E-state index in [9.17, 15) is 9.59 Å². The highest BCUT2D eigenvalue weighted by atomic mass is 16.2. The summed E-state index contributed by atoms with van der Waals surface area (Å²) in [6.07, 6.45) is 0. The first kappa shape index (κ1) is 14.3. The van der Waals surface area contributed by atoms with E-state index in [-0.39, 0.29) is 17.9 Å². The van der Waals surface area contributed by atoms with Gasteiger partial charge in [-0.3, -0.25) is 4.79 Å². The predicted molar refractivity (Wildman–Crippen MR) is 78.7 cm³/mol. The number of benzene rings is 1. The van der Waals surface area contributed by atoms with Gasteiger partial charge in [-0.05, 0) is 37.2 Å². The van der Waals surface area contributed by atoms with Crippen molar-refractivity contribution in [3.8, 4) is 0 Å². The van der Waals surface area contributed by atoms with Crippen LogP contribution in [0.1, 0.15) is 6.92 Å². The lowest BCUT2D eigenvalue weighted by molar-refractivity contribution is -0.121. The second kappa shape index (κ2) is 6.38. The Hall–Kier alpha value is -2.08. The fraction of sp³-hybridized carbons (Fsp3) is 0.429. The molecule has 0 aromatic heterocycles. The third kappa shape index (κ3) is 3.48. The standard InChI is InChI=1S/C14H20N4O2/c1-9(10-7-16-8-10)13(19)17-11-4-3-5-12(6-11)18-14(20)15-2/h3-6,9-10,16H,7-8H2,1-2H3,(H,17,19)(H2,15,18,20). The van der Waals surface area contributed by atoms with E-state index >= 15 is 0 Å². The zero-order chi connectivity index (χ0) is 14.5. The van der Waals surface area contributed by atoms with E-state index < -0.39 is 0 Å². The molecule has 1 aliphatic rings. The summed E-state index contributed by atoms with van der Waals surface area (Å²) < 4.78 is 0. The van der Waals surface area contributed by atoms with Crippen LogP contribution in [0.25, 0.3) is 0 Å². The van der Waals surface area contributed by atoms with E-state index in [1.807, 2.05) is 6.92 Å². The maximum atomic E-state index is 12.1. The summed E-state index contributed by atoms with van der Waals surface area (Å²) in [5, 5.41) is 11.2. The van der Waals surface area contributed by atoms with Crippen LogP contribution in [0.5, 0.6) is 0 Å². The number of carbonyl (C=O) groups excluding carboxylic acids is 2. The molecule has 6 heteroatoms. The Balaban J connectivity index is 1.96. The van der Waals surface area contributed by atoms with E-state index in [0.29, 0.717) is 17.3 Å². The molecule has 1 fully saturated rings. The predicted octanol–water partition coefficient (Wildman–Crippen LogP) is 1.23. The van der Waals surface area contributed by atoms with Gasteiger partial charge < -0.3 is 21.3 Å². The van der Waals surface area contributed by atoms with Gasteiger partial charge in [0.25, 0.3) is 0 Å². The Morgan fingerprint density at radius 3 is 2.45 bits per heavy atom. The first-order valence-electron chi connectivity index (χ1n) is 6.70. The summed E-state index contributed by atoms with van der Waals surface area (Å²) in [6, 6.07) is 6.81. The van der Waals surface area contributed by atoms with E-state index in [1.54, 1.807) is 31.3 Å². The number of rotatable bonds is 4. The fourth-order valence-corrected chi connectivity index (χ4v) is 2.00. The second-order valence-electron chi connectivity index (χ2n) is 4.98. The number of urea groups is 1. The highest BCUT2D eigenvalue weighted by molar-refractivity contribution is 5.94. The molecule has 20 heavy (non-hydrogen) atoms. The quantitative estimate of drug-likeness (QED) is 0.667. The van der Waals surface area contributed by atoms with Crippen molar-refractivity contribution in [3.63, 3.8) is 0 Å². The van der Waals surface area contributed by atoms with E-state index in [0.717, 1.165) is 13.1 Å². The molecule has 0 aliphatic carbocycles. The van der Waals surface area contributed by atoms with Gasteiger partial charge in [0.1, 0.15) is 0 Å². The Labute approximate surface area is 118 Å². The van der Waals surface area contributed by atoms with Crippen LogP contribution < -0.4 is 21.3 Å². The van der Waals surface area contributed by atoms with Gasteiger partial charge >= 0.3 is 6.03 Å². The minimum absolute atomic E-state index is 0.00796. The van der Waals surface area contributed by atoms with Gasteiger partial charge in [0.2, 0.25) is 5.91 Å². The SMILES string of the molecule is CNC(=O)Nc1cccc(NC(=O)C(C)C2CNC2)c1. The van der Waals surface area contributed by atoms with Gasteiger partial charge in [-0.1, -0.05) is 13.0 Å². The number of amides is 3. The molecule has 0 radical (unpaired) electrons. The van der Waals surface area contributed by atoms with Crippen LogP contribution in [0.3, 0.4) is 0 Å². The fourth-order valence-electron chi connectivity index (χ4n) is 2.00. The topological polar surface area (TPSA) is 82.3 Å². The summed E-state index contributed by atoms with van der Waals surface area (Å²) in [6.45, 7) is 3.73. The Morgan fingerprint density at radius 1 is 1.25 bits per heavy atom. The molecule has 3 amide bonds. The van der Waals surface area contributed by atoms with Gasteiger partial charge in [-0.15, -0.1) is 0 Å². The lowest BCUT2D eigenvalue weighted by atomic mass is 9.88. The van der Waals surface area contributed by atoms with Crippen LogP contribution in [0.4, 0.5) is 16.2 Å². The number of hydrogen-bond donors (Lipinski definition) is 4. The van der Waals surface area contributed by atoms with Crippen molar-refractivity contribution in [2.24, 2.45) is 11.8 Å². The van der Waals surface area contributed by atoms with Gasteiger partial charge in [0, 0.05) is 24.3 Å². The first-order chi connectivity index (χ1) is 9.60. The van der Waals surface area contributed by atoms with Crippen LogP contribution >= 0.6 is 0 Å². The first-order valence-corrected chi connectivity index (χ1v) is 6.70. The highest BCUT2D eigenvalue weighted by Gasteiger charge is 2.28. The average molecular weight is 276 g/mol. The molecule has 2 rings (SSSR count). The zero-order valence-electron chi connectivity index (χ0n) is 11.7. The van der Waals surface area contributed by atoms with Crippen molar-refractivity contribution in [2.75, 3.05) is 30.8 Å². The molecule has 6 nitrogen and oxygen atoms in total. The van der Waals surface area contributed by atoms with Gasteiger partial charge in [-0.2, -0.15) is 0 Å². The summed E-state index contributed by atoms with van der Waals surface area (Å²) in [4.78, 5) is 23.3. The van der Waals surface area contributed by atoms with Crippen molar-refractivity contribution in [3.05, 3.63) is 24.3 Å². The Morgan fingerprint density at radius 2 is 1.90 bits per heavy atom. The highest BCUT2D eigenvalue weighted by Crippen LogP contribution is 2.20. The van der Waals surface area contributed by atoms with Crippen molar-refractivity contribution in [2.45, 2.75) is 6.92 Å². The molecule has 1 aromatic rings. The zero-order valence-corrected chi connectivity index (χ0v) is 11.7. The van der Waals surface area contributed by atoms with Gasteiger partial charge in [0.15, 0.2) is 0 Å². The lowest BCUT2D eigenvalue weighted by Gasteiger charge is -2.31. The largest absolute Gasteiger partial charge is 0.341 e. The van der Waals surface area contributed by atoms with Crippen molar-refractivity contribution >= 4 is 23.3 Å². The summed E-state index contributed by atoms with van der Waals surface area (Å²) >= 11 is 0. The normalized spacial score (nSPS) is 15.9. The minimum Gasteiger partial charge on any atom is -0.341 e. The molecule has 1 saturated heterocycles. The molecule has 0 saturated carbocycles. The lowest BCUT2D eigenvalue weighted by Crippen LogP contribution is -2.48. The molecule has 0 spiro atoms. The van der Waals surface area contributed by atoms with Crippen LogP contribution in [0, 0.1) is 11.8 Å². The number of anilines is 2. The van der Waals surface area contributed by atoms with Crippen LogP contribution in [-0.4, -0.2) is 32.1 Å². The molecule has 1 atom stereocenters. The molecular weight excluding hydrogens is 256 g/mol. The third-order valence-electron chi connectivity index (χ3n) is 3.55.